The summed E-state index contributed by atoms with van der Waals surface area (Å²) in [6, 6.07) is 16.2. The standard InChI is InChI=1S/C21H21N3O3S2/c1-3-27-20(26)15-9-11-16(12-10-15)24-18(22)17(29-21(24)28)19(25)23-13(2)14-7-5-4-6-8-14/h4-13H,3,22H2,1-2H3,(H,23,25). The number of nitrogen functional groups attached to an aromatic ring is 1. The third-order valence-electron chi connectivity index (χ3n) is 4.34. The van der Waals surface area contributed by atoms with Crippen molar-refractivity contribution in [3.63, 3.8) is 0 Å². The van der Waals surface area contributed by atoms with Crippen LogP contribution in [-0.2, 0) is 4.74 Å². The molecule has 1 heterocycles. The maximum Gasteiger partial charge on any atom is 0.338 e. The predicted octanol–water partition coefficient (Wildman–Crippen LogP) is 4.52. The number of aromatic nitrogens is 1. The Hall–Kier alpha value is -2.97. The molecule has 1 aromatic heterocycles. The largest absolute Gasteiger partial charge is 0.462 e. The molecule has 0 saturated carbocycles. The van der Waals surface area contributed by atoms with Crippen LogP contribution in [0.1, 0.15) is 45.5 Å². The average molecular weight is 428 g/mol. The number of nitrogens with two attached hydrogens (primary N) is 1. The van der Waals surface area contributed by atoms with Gasteiger partial charge in [-0.3, -0.25) is 9.36 Å². The Kier molecular flexibility index (Phi) is 6.46. The van der Waals surface area contributed by atoms with E-state index in [0.717, 1.165) is 16.9 Å². The van der Waals surface area contributed by atoms with Gasteiger partial charge in [0.1, 0.15) is 10.7 Å². The Morgan fingerprint density at radius 3 is 2.45 bits per heavy atom. The molecule has 0 aliphatic carbocycles. The first kappa shape index (κ1) is 20.8. The molecule has 2 aromatic carbocycles. The molecule has 0 radical (unpaired) electrons. The molecule has 3 N–H and O–H groups in total. The number of nitrogens with zero attached hydrogens (tertiary/aromatic N) is 1. The lowest BCUT2D eigenvalue weighted by Crippen LogP contribution is -2.26. The van der Waals surface area contributed by atoms with Crippen molar-refractivity contribution in [3.8, 4) is 5.69 Å². The number of nitrogens with one attached hydrogen (secondary N) is 1. The summed E-state index contributed by atoms with van der Waals surface area (Å²) in [5, 5.41) is 2.95. The molecule has 0 aliphatic rings. The van der Waals surface area contributed by atoms with Crippen molar-refractivity contribution in [1.29, 1.82) is 0 Å². The number of rotatable bonds is 6. The fraction of sp³-hybridized carbons (Fsp3) is 0.190. The van der Waals surface area contributed by atoms with Crippen LogP contribution in [0.2, 0.25) is 0 Å². The molecule has 8 heteroatoms. The SMILES string of the molecule is CCOC(=O)c1ccc(-n2c(N)c(C(=O)NC(C)c3ccccc3)sc2=S)cc1. The second-order valence-corrected chi connectivity index (χ2v) is 7.94. The molecule has 0 spiro atoms. The van der Waals surface area contributed by atoms with Crippen LogP contribution >= 0.6 is 23.6 Å². The van der Waals surface area contributed by atoms with E-state index >= 15 is 0 Å². The molecule has 1 amide bonds. The van der Waals surface area contributed by atoms with Gasteiger partial charge in [0.25, 0.3) is 5.91 Å². The Bertz CT molecular complexity index is 1070. The monoisotopic (exact) mass is 427 g/mol. The first-order valence-electron chi connectivity index (χ1n) is 9.07. The van der Waals surface area contributed by atoms with Crippen LogP contribution < -0.4 is 11.1 Å². The van der Waals surface area contributed by atoms with Crippen molar-refractivity contribution in [1.82, 2.24) is 9.88 Å². The zero-order valence-corrected chi connectivity index (χ0v) is 17.7. The summed E-state index contributed by atoms with van der Waals surface area (Å²) >= 11 is 6.57. The van der Waals surface area contributed by atoms with Gasteiger partial charge in [-0.15, -0.1) is 0 Å². The molecule has 29 heavy (non-hydrogen) atoms. The van der Waals surface area contributed by atoms with Crippen LogP contribution in [0.3, 0.4) is 0 Å². The van der Waals surface area contributed by atoms with Crippen molar-refractivity contribution >= 4 is 41.2 Å². The summed E-state index contributed by atoms with van der Waals surface area (Å²) in [7, 11) is 0. The minimum atomic E-state index is -0.393. The van der Waals surface area contributed by atoms with Crippen molar-refractivity contribution in [2.24, 2.45) is 0 Å². The van der Waals surface area contributed by atoms with Gasteiger partial charge in [-0.05, 0) is 55.9 Å². The number of amides is 1. The second kappa shape index (κ2) is 9.02. The quantitative estimate of drug-likeness (QED) is 0.446. The lowest BCUT2D eigenvalue weighted by atomic mass is 10.1. The van der Waals surface area contributed by atoms with Gasteiger partial charge < -0.3 is 15.8 Å². The van der Waals surface area contributed by atoms with Gasteiger partial charge in [-0.2, -0.15) is 0 Å². The van der Waals surface area contributed by atoms with Crippen LogP contribution in [0, 0.1) is 3.95 Å². The molecule has 0 aliphatic heterocycles. The maximum absolute atomic E-state index is 12.8. The molecule has 1 unspecified atom stereocenters. The van der Waals surface area contributed by atoms with Gasteiger partial charge in [0, 0.05) is 5.69 Å². The van der Waals surface area contributed by atoms with E-state index in [9.17, 15) is 9.59 Å². The summed E-state index contributed by atoms with van der Waals surface area (Å²) in [6.45, 7) is 3.97. The number of hydrogen-bond donors (Lipinski definition) is 2. The third-order valence-corrected chi connectivity index (χ3v) is 5.72. The molecule has 3 aromatic rings. The highest BCUT2D eigenvalue weighted by molar-refractivity contribution is 7.73. The Labute approximate surface area is 177 Å². The van der Waals surface area contributed by atoms with E-state index in [-0.39, 0.29) is 17.8 Å². The molecule has 0 bridgehead atoms. The third kappa shape index (κ3) is 4.55. The van der Waals surface area contributed by atoms with Gasteiger partial charge in [0.2, 0.25) is 0 Å². The molecule has 0 fully saturated rings. The van der Waals surface area contributed by atoms with E-state index in [4.69, 9.17) is 22.7 Å². The van der Waals surface area contributed by atoms with Gasteiger partial charge in [-0.1, -0.05) is 41.7 Å². The molecular weight excluding hydrogens is 406 g/mol. The van der Waals surface area contributed by atoms with E-state index in [1.54, 1.807) is 35.8 Å². The van der Waals surface area contributed by atoms with Crippen molar-refractivity contribution in [3.05, 3.63) is 74.6 Å². The zero-order chi connectivity index (χ0) is 21.0. The van der Waals surface area contributed by atoms with E-state index < -0.39 is 5.97 Å². The lowest BCUT2D eigenvalue weighted by Gasteiger charge is -2.14. The van der Waals surface area contributed by atoms with Gasteiger partial charge in [0.05, 0.1) is 18.2 Å². The highest BCUT2D eigenvalue weighted by atomic mass is 32.1. The normalized spacial score (nSPS) is 11.7. The van der Waals surface area contributed by atoms with Gasteiger partial charge >= 0.3 is 5.97 Å². The van der Waals surface area contributed by atoms with E-state index in [1.807, 2.05) is 37.3 Å². The first-order valence-corrected chi connectivity index (χ1v) is 10.3. The fourth-order valence-electron chi connectivity index (χ4n) is 2.84. The topological polar surface area (TPSA) is 86.3 Å². The van der Waals surface area contributed by atoms with Crippen LogP contribution in [0.5, 0.6) is 0 Å². The summed E-state index contributed by atoms with van der Waals surface area (Å²) in [6.07, 6.45) is 0. The average Bonchev–Trinajstić information content (AvgIpc) is 3.03. The smallest absolute Gasteiger partial charge is 0.338 e. The second-order valence-electron chi connectivity index (χ2n) is 6.29. The van der Waals surface area contributed by atoms with E-state index in [1.165, 1.54) is 0 Å². The number of anilines is 1. The Balaban J connectivity index is 1.84. The van der Waals surface area contributed by atoms with Crippen LogP contribution in [0.25, 0.3) is 5.69 Å². The summed E-state index contributed by atoms with van der Waals surface area (Å²) < 4.78 is 7.06. The van der Waals surface area contributed by atoms with Crippen molar-refractivity contribution in [2.45, 2.75) is 19.9 Å². The summed E-state index contributed by atoms with van der Waals surface area (Å²) in [4.78, 5) is 24.9. The van der Waals surface area contributed by atoms with E-state index in [0.29, 0.717) is 26.7 Å². The fourth-order valence-corrected chi connectivity index (χ4v) is 4.11. The summed E-state index contributed by atoms with van der Waals surface area (Å²) in [5.41, 5.74) is 8.36. The number of esters is 1. The Morgan fingerprint density at radius 2 is 1.83 bits per heavy atom. The number of carbonyl (C=O) groups is 2. The molecule has 6 nitrogen and oxygen atoms in total. The number of hydrogen-bond acceptors (Lipinski definition) is 6. The lowest BCUT2D eigenvalue weighted by molar-refractivity contribution is 0.0526. The minimum Gasteiger partial charge on any atom is -0.462 e. The van der Waals surface area contributed by atoms with Crippen LogP contribution in [0.15, 0.2) is 54.6 Å². The van der Waals surface area contributed by atoms with Gasteiger partial charge in [-0.25, -0.2) is 4.79 Å². The van der Waals surface area contributed by atoms with Crippen LogP contribution in [0.4, 0.5) is 5.82 Å². The van der Waals surface area contributed by atoms with Crippen LogP contribution in [-0.4, -0.2) is 23.1 Å². The molecule has 150 valence electrons. The molecule has 3 rings (SSSR count). The highest BCUT2D eigenvalue weighted by Crippen LogP contribution is 2.27. The Morgan fingerprint density at radius 1 is 1.17 bits per heavy atom. The minimum absolute atomic E-state index is 0.170. The molecular formula is C21H21N3O3S2. The van der Waals surface area contributed by atoms with Crippen molar-refractivity contribution in [2.75, 3.05) is 12.3 Å². The maximum atomic E-state index is 12.8. The van der Waals surface area contributed by atoms with E-state index in [2.05, 4.69) is 5.32 Å². The number of benzene rings is 2. The predicted molar refractivity (Wildman–Crippen MR) is 117 cm³/mol. The highest BCUT2D eigenvalue weighted by Gasteiger charge is 2.20. The van der Waals surface area contributed by atoms with Crippen molar-refractivity contribution < 1.29 is 14.3 Å². The zero-order valence-electron chi connectivity index (χ0n) is 16.0. The summed E-state index contributed by atoms with van der Waals surface area (Å²) in [5.74, 6) is -0.408. The number of thiazole rings is 1. The number of carbonyl (C=O) groups excluding carboxylic acids is 2. The first-order chi connectivity index (χ1) is 13.9. The van der Waals surface area contributed by atoms with Gasteiger partial charge in [0.15, 0.2) is 3.95 Å². The molecule has 0 saturated heterocycles. The number of ether oxygens (including phenoxy) is 1. The molecule has 1 atom stereocenters.